The molecule has 2 aromatic rings. The van der Waals surface area contributed by atoms with Gasteiger partial charge < -0.3 is 10.5 Å². The normalized spacial score (nSPS) is 14.9. The molecular formula is C18H21NO. The van der Waals surface area contributed by atoms with Gasteiger partial charge in [-0.15, -0.1) is 0 Å². The number of hydrogen-bond donors (Lipinski definition) is 1. The zero-order valence-corrected chi connectivity index (χ0v) is 11.9. The second kappa shape index (κ2) is 5.68. The molecule has 1 aliphatic rings. The summed E-state index contributed by atoms with van der Waals surface area (Å²) in [5, 5.41) is 0. The summed E-state index contributed by atoms with van der Waals surface area (Å²) < 4.78 is 5.98. The molecule has 1 atom stereocenters. The summed E-state index contributed by atoms with van der Waals surface area (Å²) in [7, 11) is 0. The smallest absolute Gasteiger partial charge is 0.127 e. The largest absolute Gasteiger partial charge is 0.457 e. The summed E-state index contributed by atoms with van der Waals surface area (Å²) in [4.78, 5) is 0. The zero-order valence-electron chi connectivity index (χ0n) is 11.9. The van der Waals surface area contributed by atoms with E-state index in [-0.39, 0.29) is 6.04 Å². The number of nitrogens with two attached hydrogens (primary N) is 1. The summed E-state index contributed by atoms with van der Waals surface area (Å²) in [6.07, 6.45) is 4.58. The Labute approximate surface area is 120 Å². The maximum atomic E-state index is 6.07. The van der Waals surface area contributed by atoms with Crippen molar-refractivity contribution in [2.75, 3.05) is 0 Å². The summed E-state index contributed by atoms with van der Waals surface area (Å²) in [5.74, 6) is 1.79. The van der Waals surface area contributed by atoms with E-state index in [1.54, 1.807) is 0 Å². The van der Waals surface area contributed by atoms with Crippen molar-refractivity contribution in [2.24, 2.45) is 5.73 Å². The second-order valence-electron chi connectivity index (χ2n) is 5.47. The van der Waals surface area contributed by atoms with Gasteiger partial charge in [-0.1, -0.05) is 25.1 Å². The first kappa shape index (κ1) is 13.2. The molecule has 2 heteroatoms. The summed E-state index contributed by atoms with van der Waals surface area (Å²) in [5.41, 5.74) is 10.1. The Bertz CT molecular complexity index is 606. The van der Waals surface area contributed by atoms with Crippen molar-refractivity contribution >= 4 is 0 Å². The van der Waals surface area contributed by atoms with Crippen LogP contribution in [0.3, 0.4) is 0 Å². The molecule has 0 saturated carbocycles. The van der Waals surface area contributed by atoms with Crippen molar-refractivity contribution in [3.05, 3.63) is 59.2 Å². The second-order valence-corrected chi connectivity index (χ2v) is 5.47. The Hall–Kier alpha value is -1.80. The molecule has 0 radical (unpaired) electrons. The molecule has 0 aliphatic heterocycles. The number of benzene rings is 2. The standard InChI is InChI=1S/C18H21NO/c1-2-18(19)15-7-4-8-16(12-15)20-17-10-9-13-5-3-6-14(13)11-17/h4,7-12,18H,2-3,5-6,19H2,1H3. The molecule has 104 valence electrons. The lowest BCUT2D eigenvalue weighted by Gasteiger charge is -2.12. The maximum absolute atomic E-state index is 6.07. The van der Waals surface area contributed by atoms with E-state index in [0.717, 1.165) is 23.5 Å². The van der Waals surface area contributed by atoms with Gasteiger partial charge in [0.05, 0.1) is 0 Å². The molecule has 20 heavy (non-hydrogen) atoms. The number of ether oxygens (including phenoxy) is 1. The Morgan fingerprint density at radius 2 is 1.85 bits per heavy atom. The average molecular weight is 267 g/mol. The lowest BCUT2D eigenvalue weighted by atomic mass is 10.1. The number of rotatable bonds is 4. The molecule has 2 nitrogen and oxygen atoms in total. The van der Waals surface area contributed by atoms with E-state index in [4.69, 9.17) is 10.5 Å². The maximum Gasteiger partial charge on any atom is 0.127 e. The topological polar surface area (TPSA) is 35.2 Å². The third kappa shape index (κ3) is 2.70. The van der Waals surface area contributed by atoms with Crippen LogP contribution in [0.5, 0.6) is 11.5 Å². The Morgan fingerprint density at radius 3 is 2.70 bits per heavy atom. The number of aryl methyl sites for hydroxylation is 2. The van der Waals surface area contributed by atoms with Crippen LogP contribution in [0.1, 0.15) is 42.5 Å². The van der Waals surface area contributed by atoms with Gasteiger partial charge in [-0.05, 0) is 66.6 Å². The molecule has 0 spiro atoms. The molecule has 1 aliphatic carbocycles. The minimum atomic E-state index is 0.0820. The molecule has 2 aromatic carbocycles. The van der Waals surface area contributed by atoms with Gasteiger partial charge in [-0.25, -0.2) is 0 Å². The predicted octanol–water partition coefficient (Wildman–Crippen LogP) is 4.38. The fourth-order valence-corrected chi connectivity index (χ4v) is 2.79. The SMILES string of the molecule is CCC(N)c1cccc(Oc2ccc3c(c2)CCC3)c1. The lowest BCUT2D eigenvalue weighted by Crippen LogP contribution is -2.08. The molecule has 3 rings (SSSR count). The van der Waals surface area contributed by atoms with Crippen molar-refractivity contribution in [3.8, 4) is 11.5 Å². The fourth-order valence-electron chi connectivity index (χ4n) is 2.79. The molecule has 0 bridgehead atoms. The highest BCUT2D eigenvalue weighted by Crippen LogP contribution is 2.30. The third-order valence-electron chi connectivity index (χ3n) is 4.03. The van der Waals surface area contributed by atoms with Crippen LogP contribution in [0.2, 0.25) is 0 Å². The van der Waals surface area contributed by atoms with E-state index in [1.807, 2.05) is 18.2 Å². The van der Waals surface area contributed by atoms with Crippen molar-refractivity contribution in [1.82, 2.24) is 0 Å². The Balaban J connectivity index is 1.81. The van der Waals surface area contributed by atoms with Crippen molar-refractivity contribution in [2.45, 2.75) is 38.6 Å². The zero-order chi connectivity index (χ0) is 13.9. The number of hydrogen-bond acceptors (Lipinski definition) is 2. The van der Waals surface area contributed by atoms with Crippen LogP contribution in [-0.4, -0.2) is 0 Å². The van der Waals surface area contributed by atoms with Crippen molar-refractivity contribution < 1.29 is 4.74 Å². The van der Waals surface area contributed by atoms with E-state index in [0.29, 0.717) is 0 Å². The molecule has 1 unspecified atom stereocenters. The lowest BCUT2D eigenvalue weighted by molar-refractivity contribution is 0.480. The Kier molecular flexibility index (Phi) is 3.75. The minimum Gasteiger partial charge on any atom is -0.457 e. The van der Waals surface area contributed by atoms with E-state index >= 15 is 0 Å². The van der Waals surface area contributed by atoms with E-state index in [2.05, 4.69) is 31.2 Å². The summed E-state index contributed by atoms with van der Waals surface area (Å²) >= 11 is 0. The van der Waals surface area contributed by atoms with Crippen LogP contribution in [-0.2, 0) is 12.8 Å². The van der Waals surface area contributed by atoms with Gasteiger partial charge in [0.1, 0.15) is 11.5 Å². The first-order valence-electron chi connectivity index (χ1n) is 7.41. The first-order chi connectivity index (χ1) is 9.76. The highest BCUT2D eigenvalue weighted by molar-refractivity contribution is 5.41. The van der Waals surface area contributed by atoms with Gasteiger partial charge in [-0.2, -0.15) is 0 Å². The highest BCUT2D eigenvalue weighted by Gasteiger charge is 2.12. The predicted molar refractivity (Wildman–Crippen MR) is 82.2 cm³/mol. The summed E-state index contributed by atoms with van der Waals surface area (Å²) in [6, 6.07) is 14.6. The molecule has 0 amide bonds. The average Bonchev–Trinajstić information content (AvgIpc) is 2.94. The summed E-state index contributed by atoms with van der Waals surface area (Å²) in [6.45, 7) is 2.10. The van der Waals surface area contributed by atoms with Gasteiger partial charge in [0.15, 0.2) is 0 Å². The van der Waals surface area contributed by atoms with Crippen LogP contribution in [0, 0.1) is 0 Å². The fraction of sp³-hybridized carbons (Fsp3) is 0.333. The minimum absolute atomic E-state index is 0.0820. The first-order valence-corrected chi connectivity index (χ1v) is 7.41. The Morgan fingerprint density at radius 1 is 1.05 bits per heavy atom. The molecule has 2 N–H and O–H groups in total. The van der Waals surface area contributed by atoms with Crippen LogP contribution >= 0.6 is 0 Å². The van der Waals surface area contributed by atoms with Crippen molar-refractivity contribution in [3.63, 3.8) is 0 Å². The van der Waals surface area contributed by atoms with Crippen LogP contribution < -0.4 is 10.5 Å². The van der Waals surface area contributed by atoms with Gasteiger partial charge in [0, 0.05) is 6.04 Å². The highest BCUT2D eigenvalue weighted by atomic mass is 16.5. The molecule has 0 fully saturated rings. The van der Waals surface area contributed by atoms with Gasteiger partial charge in [-0.3, -0.25) is 0 Å². The van der Waals surface area contributed by atoms with E-state index in [1.165, 1.54) is 30.4 Å². The molecule has 0 saturated heterocycles. The molecule has 0 aromatic heterocycles. The van der Waals surface area contributed by atoms with E-state index < -0.39 is 0 Å². The van der Waals surface area contributed by atoms with Crippen LogP contribution in [0.25, 0.3) is 0 Å². The molecular weight excluding hydrogens is 246 g/mol. The van der Waals surface area contributed by atoms with Gasteiger partial charge >= 0.3 is 0 Å². The van der Waals surface area contributed by atoms with Gasteiger partial charge in [0.25, 0.3) is 0 Å². The monoisotopic (exact) mass is 267 g/mol. The van der Waals surface area contributed by atoms with Gasteiger partial charge in [0.2, 0.25) is 0 Å². The quantitative estimate of drug-likeness (QED) is 0.892. The van der Waals surface area contributed by atoms with Crippen LogP contribution in [0.15, 0.2) is 42.5 Å². The third-order valence-corrected chi connectivity index (χ3v) is 4.03. The van der Waals surface area contributed by atoms with Crippen LogP contribution in [0.4, 0.5) is 0 Å². The molecule has 0 heterocycles. The van der Waals surface area contributed by atoms with Crippen molar-refractivity contribution in [1.29, 1.82) is 0 Å². The van der Waals surface area contributed by atoms with E-state index in [9.17, 15) is 0 Å². The number of fused-ring (bicyclic) bond motifs is 1.